The normalized spacial score (nSPS) is 16.4. The third-order valence-electron chi connectivity index (χ3n) is 5.06. The minimum atomic E-state index is -4.04. The molecule has 1 aliphatic heterocycles. The van der Waals surface area contributed by atoms with E-state index >= 15 is 0 Å². The van der Waals surface area contributed by atoms with Crippen LogP contribution in [-0.4, -0.2) is 30.7 Å². The number of halogens is 3. The van der Waals surface area contributed by atoms with Crippen molar-refractivity contribution in [2.45, 2.75) is 32.0 Å². The molecular formula is C21H26F3N3. The number of anilines is 1. The number of likely N-dealkylation sites (tertiary alicyclic amines) is 1. The van der Waals surface area contributed by atoms with Gasteiger partial charge in [0.25, 0.3) is 0 Å². The van der Waals surface area contributed by atoms with Crippen LogP contribution >= 0.6 is 0 Å². The first-order chi connectivity index (χ1) is 13.0. The van der Waals surface area contributed by atoms with Crippen molar-refractivity contribution in [1.29, 1.82) is 0 Å². The highest BCUT2D eigenvalue weighted by Crippen LogP contribution is 2.34. The Labute approximate surface area is 158 Å². The first kappa shape index (κ1) is 19.7. The molecule has 2 aromatic carbocycles. The maximum absolute atomic E-state index is 12.7. The van der Waals surface area contributed by atoms with Gasteiger partial charge in [-0.05, 0) is 55.6 Å². The zero-order valence-corrected chi connectivity index (χ0v) is 15.3. The number of hydrogen-bond donors (Lipinski definition) is 2. The largest absolute Gasteiger partial charge is 0.391 e. The summed E-state index contributed by atoms with van der Waals surface area (Å²) in [5.41, 5.74) is 9.76. The van der Waals surface area contributed by atoms with Gasteiger partial charge in [-0.1, -0.05) is 42.5 Å². The van der Waals surface area contributed by atoms with E-state index in [0.29, 0.717) is 19.6 Å². The fraction of sp³-hybridized carbons (Fsp3) is 0.429. The number of nitrogens with one attached hydrogen (secondary N) is 2. The number of rotatable bonds is 7. The number of hydrogen-bond acceptors (Lipinski definition) is 3. The molecule has 27 heavy (non-hydrogen) atoms. The summed E-state index contributed by atoms with van der Waals surface area (Å²) < 4.78 is 38.2. The zero-order valence-electron chi connectivity index (χ0n) is 15.3. The summed E-state index contributed by atoms with van der Waals surface area (Å²) in [4.78, 5) is 2.14. The van der Waals surface area contributed by atoms with Gasteiger partial charge in [-0.15, -0.1) is 0 Å². The molecule has 0 saturated carbocycles. The van der Waals surface area contributed by atoms with Crippen LogP contribution in [0.5, 0.6) is 0 Å². The minimum absolute atomic E-state index is 0.221. The molecule has 1 fully saturated rings. The third kappa shape index (κ3) is 6.26. The van der Waals surface area contributed by atoms with Crippen molar-refractivity contribution in [1.82, 2.24) is 10.3 Å². The lowest BCUT2D eigenvalue weighted by Crippen LogP contribution is -2.39. The molecule has 0 bridgehead atoms. The first-order valence-corrected chi connectivity index (χ1v) is 9.41. The summed E-state index contributed by atoms with van der Waals surface area (Å²) in [6.07, 6.45) is -2.74. The van der Waals surface area contributed by atoms with E-state index in [9.17, 15) is 13.2 Å². The van der Waals surface area contributed by atoms with E-state index in [4.69, 9.17) is 0 Å². The molecule has 1 aliphatic rings. The fourth-order valence-electron chi connectivity index (χ4n) is 3.44. The van der Waals surface area contributed by atoms with Crippen LogP contribution in [0, 0.1) is 5.92 Å². The second kappa shape index (κ2) is 9.24. The van der Waals surface area contributed by atoms with Gasteiger partial charge in [-0.25, -0.2) is 5.43 Å². The molecule has 1 heterocycles. The Kier molecular flexibility index (Phi) is 6.74. The summed E-state index contributed by atoms with van der Waals surface area (Å²) in [5.74, 6) is -1.12. The van der Waals surface area contributed by atoms with Crippen molar-refractivity contribution >= 4 is 5.69 Å². The Morgan fingerprint density at radius 1 is 0.926 bits per heavy atom. The van der Waals surface area contributed by atoms with Crippen LogP contribution in [0.25, 0.3) is 0 Å². The van der Waals surface area contributed by atoms with Gasteiger partial charge < -0.3 is 10.3 Å². The molecular weight excluding hydrogens is 351 g/mol. The number of alkyl halides is 3. The lowest BCUT2D eigenvalue weighted by Gasteiger charge is -2.32. The second-order valence-corrected chi connectivity index (χ2v) is 7.07. The Balaban J connectivity index is 1.41. The van der Waals surface area contributed by atoms with Crippen molar-refractivity contribution in [2.24, 2.45) is 5.92 Å². The predicted octanol–water partition coefficient (Wildman–Crippen LogP) is 4.62. The van der Waals surface area contributed by atoms with E-state index in [0.717, 1.165) is 18.7 Å². The molecule has 6 heteroatoms. The van der Waals surface area contributed by atoms with Gasteiger partial charge in [0.15, 0.2) is 0 Å². The first-order valence-electron chi connectivity index (χ1n) is 9.41. The van der Waals surface area contributed by atoms with E-state index in [2.05, 4.69) is 34.0 Å². The van der Waals surface area contributed by atoms with Gasteiger partial charge in [-0.3, -0.25) is 0 Å². The molecule has 3 nitrogen and oxygen atoms in total. The highest BCUT2D eigenvalue weighted by atomic mass is 19.4. The standard InChI is InChI=1S/C21H26F3N3/c22-21(23,24)19-10-13-27(14-11-19)12-9-17-5-4-6-18(15-17)16-25-26-20-7-2-1-3-8-20/h1-8,15,19,25-26H,9-14,16H2. The molecule has 3 rings (SSSR count). The van der Waals surface area contributed by atoms with Crippen LogP contribution in [-0.2, 0) is 13.0 Å². The molecule has 0 aromatic heterocycles. The highest BCUT2D eigenvalue weighted by molar-refractivity contribution is 5.41. The van der Waals surface area contributed by atoms with Crippen molar-refractivity contribution in [3.8, 4) is 0 Å². The topological polar surface area (TPSA) is 27.3 Å². The highest BCUT2D eigenvalue weighted by Gasteiger charge is 2.40. The summed E-state index contributed by atoms with van der Waals surface area (Å²) in [6, 6.07) is 18.2. The molecule has 0 amide bonds. The van der Waals surface area contributed by atoms with E-state index in [-0.39, 0.29) is 12.8 Å². The molecule has 1 saturated heterocycles. The molecule has 0 atom stereocenters. The van der Waals surface area contributed by atoms with Crippen molar-refractivity contribution < 1.29 is 13.2 Å². The molecule has 0 aliphatic carbocycles. The van der Waals surface area contributed by atoms with Gasteiger partial charge in [0, 0.05) is 18.8 Å². The Morgan fingerprint density at radius 2 is 1.63 bits per heavy atom. The molecule has 2 N–H and O–H groups in total. The van der Waals surface area contributed by atoms with Crippen LogP contribution in [0.3, 0.4) is 0 Å². The lowest BCUT2D eigenvalue weighted by atomic mass is 9.96. The number of nitrogens with zero attached hydrogens (tertiary/aromatic N) is 1. The second-order valence-electron chi connectivity index (χ2n) is 7.07. The SMILES string of the molecule is FC(F)(F)C1CCN(CCc2cccc(CNNc3ccccc3)c2)CC1. The number of para-hydroxylation sites is 1. The summed E-state index contributed by atoms with van der Waals surface area (Å²) in [5, 5.41) is 0. The number of hydrazine groups is 1. The molecule has 0 radical (unpaired) electrons. The third-order valence-corrected chi connectivity index (χ3v) is 5.06. The molecule has 2 aromatic rings. The Morgan fingerprint density at radius 3 is 2.33 bits per heavy atom. The summed E-state index contributed by atoms with van der Waals surface area (Å²) >= 11 is 0. The quantitative estimate of drug-likeness (QED) is 0.690. The maximum atomic E-state index is 12.7. The average molecular weight is 377 g/mol. The minimum Gasteiger partial charge on any atom is -0.321 e. The smallest absolute Gasteiger partial charge is 0.321 e. The molecule has 0 spiro atoms. The maximum Gasteiger partial charge on any atom is 0.391 e. The van der Waals surface area contributed by atoms with E-state index in [1.165, 1.54) is 11.1 Å². The summed E-state index contributed by atoms with van der Waals surface area (Å²) in [6.45, 7) is 2.57. The number of piperidine rings is 1. The Hall–Kier alpha value is -2.05. The van der Waals surface area contributed by atoms with Gasteiger partial charge in [0.1, 0.15) is 0 Å². The molecule has 0 unspecified atom stereocenters. The van der Waals surface area contributed by atoms with Crippen LogP contribution in [0.4, 0.5) is 18.9 Å². The van der Waals surface area contributed by atoms with Crippen molar-refractivity contribution in [3.05, 3.63) is 65.7 Å². The van der Waals surface area contributed by atoms with Gasteiger partial charge >= 0.3 is 6.18 Å². The number of benzene rings is 2. The van der Waals surface area contributed by atoms with E-state index in [1.807, 2.05) is 36.4 Å². The zero-order chi connectivity index (χ0) is 19.1. The van der Waals surface area contributed by atoms with Crippen LogP contribution in [0.2, 0.25) is 0 Å². The van der Waals surface area contributed by atoms with E-state index < -0.39 is 12.1 Å². The van der Waals surface area contributed by atoms with Gasteiger partial charge in [0.2, 0.25) is 0 Å². The van der Waals surface area contributed by atoms with E-state index in [1.54, 1.807) is 0 Å². The summed E-state index contributed by atoms with van der Waals surface area (Å²) in [7, 11) is 0. The van der Waals surface area contributed by atoms with Crippen LogP contribution in [0.15, 0.2) is 54.6 Å². The average Bonchev–Trinajstić information content (AvgIpc) is 2.67. The lowest BCUT2D eigenvalue weighted by molar-refractivity contribution is -0.185. The predicted molar refractivity (Wildman–Crippen MR) is 102 cm³/mol. The van der Waals surface area contributed by atoms with Gasteiger partial charge in [-0.2, -0.15) is 13.2 Å². The van der Waals surface area contributed by atoms with Crippen molar-refractivity contribution in [3.63, 3.8) is 0 Å². The fourth-order valence-corrected chi connectivity index (χ4v) is 3.44. The van der Waals surface area contributed by atoms with Crippen LogP contribution < -0.4 is 10.9 Å². The van der Waals surface area contributed by atoms with Crippen molar-refractivity contribution in [2.75, 3.05) is 25.1 Å². The van der Waals surface area contributed by atoms with Gasteiger partial charge in [0.05, 0.1) is 5.92 Å². The van der Waals surface area contributed by atoms with Crippen LogP contribution in [0.1, 0.15) is 24.0 Å². The monoisotopic (exact) mass is 377 g/mol. The Bertz CT molecular complexity index is 695. The molecule has 146 valence electrons.